The van der Waals surface area contributed by atoms with Gasteiger partial charge in [-0.05, 0) is 42.8 Å². The summed E-state index contributed by atoms with van der Waals surface area (Å²) < 4.78 is 16.5. The molecule has 0 aliphatic rings. The molecule has 1 N–H and O–H groups in total. The van der Waals surface area contributed by atoms with E-state index in [1.807, 2.05) is 48.5 Å². The van der Waals surface area contributed by atoms with Gasteiger partial charge in [-0.2, -0.15) is 5.10 Å². The van der Waals surface area contributed by atoms with Crippen molar-refractivity contribution in [3.63, 3.8) is 0 Å². The highest BCUT2D eigenvalue weighted by Crippen LogP contribution is 2.26. The molecule has 2 aromatic carbocycles. The zero-order chi connectivity index (χ0) is 23.8. The Morgan fingerprint density at radius 1 is 1.18 bits per heavy atom. The number of esters is 1. The molecule has 0 radical (unpaired) electrons. The lowest BCUT2D eigenvalue weighted by molar-refractivity contribution is -0.142. The van der Waals surface area contributed by atoms with E-state index in [-0.39, 0.29) is 12.4 Å². The van der Waals surface area contributed by atoms with Crippen LogP contribution in [0.25, 0.3) is 10.9 Å². The van der Waals surface area contributed by atoms with Crippen molar-refractivity contribution >= 4 is 39.6 Å². The second kappa shape index (κ2) is 11.2. The molecule has 34 heavy (non-hydrogen) atoms. The molecule has 0 fully saturated rings. The first-order chi connectivity index (χ1) is 16.7. The van der Waals surface area contributed by atoms with Gasteiger partial charge in [0.15, 0.2) is 0 Å². The number of hydrazone groups is 1. The zero-order valence-corrected chi connectivity index (χ0v) is 19.7. The van der Waals surface area contributed by atoms with Gasteiger partial charge in [-0.15, -0.1) is 11.3 Å². The van der Waals surface area contributed by atoms with Gasteiger partial charge >= 0.3 is 5.97 Å². The topological polar surface area (TPSA) is 94.9 Å². The number of benzene rings is 2. The molecule has 4 aromatic rings. The number of fused-ring (bicyclic) bond motifs is 1. The molecule has 0 atom stereocenters. The van der Waals surface area contributed by atoms with Gasteiger partial charge in [0, 0.05) is 22.5 Å². The maximum atomic E-state index is 11.6. The fraction of sp³-hybridized carbons (Fsp3) is 0.200. The second-order valence-electron chi connectivity index (χ2n) is 7.19. The first-order valence-corrected chi connectivity index (χ1v) is 11.6. The van der Waals surface area contributed by atoms with Crippen molar-refractivity contribution in [3.05, 3.63) is 76.9 Å². The molecule has 8 nitrogen and oxygen atoms in total. The van der Waals surface area contributed by atoms with E-state index in [1.165, 1.54) is 11.3 Å². The number of aromatic nitrogens is 2. The van der Waals surface area contributed by atoms with Crippen molar-refractivity contribution in [3.8, 4) is 11.5 Å². The smallest absolute Gasteiger partial charge is 0.311 e. The Kier molecular flexibility index (Phi) is 7.67. The Bertz CT molecular complexity index is 1300. The molecule has 0 saturated carbocycles. The number of nitrogens with one attached hydrogen (secondary N) is 1. The molecule has 2 aromatic heterocycles. The SMILES string of the molecule is CCOC(=O)Cc1csc(NN=Cc2ccc(OC)c(COc3cccc4cccnc34)c2)n1. The van der Waals surface area contributed by atoms with Crippen molar-refractivity contribution in [2.75, 3.05) is 19.1 Å². The fourth-order valence-corrected chi connectivity index (χ4v) is 3.96. The molecule has 0 unspecified atom stereocenters. The minimum atomic E-state index is -0.296. The number of rotatable bonds is 10. The molecule has 0 aliphatic heterocycles. The lowest BCUT2D eigenvalue weighted by Gasteiger charge is -2.12. The van der Waals surface area contributed by atoms with Crippen molar-refractivity contribution in [1.82, 2.24) is 9.97 Å². The zero-order valence-electron chi connectivity index (χ0n) is 18.9. The average molecular weight is 477 g/mol. The molecule has 0 aliphatic carbocycles. The Morgan fingerprint density at radius 3 is 2.91 bits per heavy atom. The third-order valence-electron chi connectivity index (χ3n) is 4.84. The molecule has 2 heterocycles. The number of para-hydroxylation sites is 1. The molecule has 4 rings (SSSR count). The van der Waals surface area contributed by atoms with Crippen molar-refractivity contribution in [2.24, 2.45) is 5.10 Å². The minimum Gasteiger partial charge on any atom is -0.496 e. The van der Waals surface area contributed by atoms with Crippen LogP contribution in [0.3, 0.4) is 0 Å². The summed E-state index contributed by atoms with van der Waals surface area (Å²) in [5.74, 6) is 1.14. The molecular weight excluding hydrogens is 452 g/mol. The Hall–Kier alpha value is -3.98. The molecule has 0 spiro atoms. The predicted molar refractivity (Wildman–Crippen MR) is 133 cm³/mol. The van der Waals surface area contributed by atoms with Crippen LogP contribution in [0.1, 0.15) is 23.7 Å². The van der Waals surface area contributed by atoms with Crippen LogP contribution in [0, 0.1) is 0 Å². The van der Waals surface area contributed by atoms with Gasteiger partial charge in [-0.1, -0.05) is 18.2 Å². The maximum absolute atomic E-state index is 11.6. The summed E-state index contributed by atoms with van der Waals surface area (Å²) in [7, 11) is 1.63. The highest BCUT2D eigenvalue weighted by Gasteiger charge is 2.09. The predicted octanol–water partition coefficient (Wildman–Crippen LogP) is 4.83. The third kappa shape index (κ3) is 5.87. The van der Waals surface area contributed by atoms with Crippen LogP contribution in [0.4, 0.5) is 5.13 Å². The lowest BCUT2D eigenvalue weighted by atomic mass is 10.1. The van der Waals surface area contributed by atoms with Gasteiger partial charge in [0.05, 0.1) is 32.0 Å². The second-order valence-corrected chi connectivity index (χ2v) is 8.05. The highest BCUT2D eigenvalue weighted by molar-refractivity contribution is 7.13. The number of hydrogen-bond donors (Lipinski definition) is 1. The quantitative estimate of drug-likeness (QED) is 0.199. The molecule has 0 bridgehead atoms. The van der Waals surface area contributed by atoms with Crippen LogP contribution >= 0.6 is 11.3 Å². The van der Waals surface area contributed by atoms with E-state index in [9.17, 15) is 4.79 Å². The third-order valence-corrected chi connectivity index (χ3v) is 5.64. The number of anilines is 1. The van der Waals surface area contributed by atoms with Gasteiger partial charge in [0.2, 0.25) is 5.13 Å². The number of thiazole rings is 1. The summed E-state index contributed by atoms with van der Waals surface area (Å²) >= 11 is 1.37. The van der Waals surface area contributed by atoms with Crippen LogP contribution in [-0.2, 0) is 22.6 Å². The standard InChI is InChI=1S/C25H24N4O4S/c1-3-32-23(30)13-20-16-34-25(28-20)29-27-14-17-9-10-21(31-2)19(12-17)15-33-22-8-4-6-18-7-5-11-26-24(18)22/h4-12,14,16H,3,13,15H2,1-2H3,(H,28,29). The van der Waals surface area contributed by atoms with E-state index in [0.717, 1.165) is 27.8 Å². The molecule has 9 heteroatoms. The van der Waals surface area contributed by atoms with E-state index in [2.05, 4.69) is 20.5 Å². The Balaban J connectivity index is 1.41. The number of hydrogen-bond acceptors (Lipinski definition) is 9. The Morgan fingerprint density at radius 2 is 2.06 bits per heavy atom. The van der Waals surface area contributed by atoms with E-state index < -0.39 is 0 Å². The largest absolute Gasteiger partial charge is 0.496 e. The normalized spacial score (nSPS) is 11.0. The summed E-state index contributed by atoms with van der Waals surface area (Å²) in [5.41, 5.74) is 6.11. The van der Waals surface area contributed by atoms with Crippen molar-refractivity contribution < 1.29 is 19.0 Å². The summed E-state index contributed by atoms with van der Waals surface area (Å²) in [6.45, 7) is 2.45. The van der Waals surface area contributed by atoms with Crippen LogP contribution < -0.4 is 14.9 Å². The number of carbonyl (C=O) groups excluding carboxylic acids is 1. The van der Waals surface area contributed by atoms with Crippen LogP contribution in [0.15, 0.2) is 65.2 Å². The summed E-state index contributed by atoms with van der Waals surface area (Å²) in [4.78, 5) is 20.4. The number of carbonyl (C=O) groups is 1. The van der Waals surface area contributed by atoms with Crippen LogP contribution in [-0.4, -0.2) is 35.9 Å². The average Bonchev–Trinajstić information content (AvgIpc) is 3.29. The molecular formula is C25H24N4O4S. The van der Waals surface area contributed by atoms with E-state index >= 15 is 0 Å². The number of ether oxygens (including phenoxy) is 3. The number of nitrogens with zero attached hydrogens (tertiary/aromatic N) is 3. The monoisotopic (exact) mass is 476 g/mol. The van der Waals surface area contributed by atoms with Crippen LogP contribution in [0.2, 0.25) is 0 Å². The minimum absolute atomic E-state index is 0.143. The number of methoxy groups -OCH3 is 1. The van der Waals surface area contributed by atoms with Crippen molar-refractivity contribution in [2.45, 2.75) is 20.0 Å². The van der Waals surface area contributed by atoms with Crippen molar-refractivity contribution in [1.29, 1.82) is 0 Å². The summed E-state index contributed by atoms with van der Waals surface area (Å²) in [6.07, 6.45) is 3.58. The maximum Gasteiger partial charge on any atom is 0.311 e. The summed E-state index contributed by atoms with van der Waals surface area (Å²) in [6, 6.07) is 15.5. The fourth-order valence-electron chi connectivity index (χ4n) is 3.30. The molecule has 0 amide bonds. The number of pyridine rings is 1. The van der Waals surface area contributed by atoms with E-state index in [0.29, 0.717) is 29.8 Å². The first-order valence-electron chi connectivity index (χ1n) is 10.7. The first kappa shape index (κ1) is 23.2. The van der Waals surface area contributed by atoms with Gasteiger partial charge in [0.1, 0.15) is 23.6 Å². The summed E-state index contributed by atoms with van der Waals surface area (Å²) in [5, 5.41) is 7.68. The molecule has 174 valence electrons. The van der Waals surface area contributed by atoms with Gasteiger partial charge in [0.25, 0.3) is 0 Å². The molecule has 0 saturated heterocycles. The highest BCUT2D eigenvalue weighted by atomic mass is 32.1. The van der Waals surface area contributed by atoms with Gasteiger partial charge < -0.3 is 14.2 Å². The van der Waals surface area contributed by atoms with Gasteiger partial charge in [-0.25, -0.2) is 4.98 Å². The van der Waals surface area contributed by atoms with Gasteiger partial charge in [-0.3, -0.25) is 15.2 Å². The lowest BCUT2D eigenvalue weighted by Crippen LogP contribution is -2.07. The van der Waals surface area contributed by atoms with E-state index in [4.69, 9.17) is 14.2 Å². The van der Waals surface area contributed by atoms with E-state index in [1.54, 1.807) is 31.8 Å². The van der Waals surface area contributed by atoms with Crippen LogP contribution in [0.5, 0.6) is 11.5 Å². The Labute approximate surface area is 201 Å².